The molecule has 1 heterocycles. The number of nitrogens with one attached hydrogen (secondary N) is 2. The third kappa shape index (κ3) is 2.69. The highest BCUT2D eigenvalue weighted by molar-refractivity contribution is 6.04. The summed E-state index contributed by atoms with van der Waals surface area (Å²) in [4.78, 5) is 23.6. The zero-order valence-corrected chi connectivity index (χ0v) is 11.9. The summed E-state index contributed by atoms with van der Waals surface area (Å²) in [5.41, 5.74) is 1.80. The van der Waals surface area contributed by atoms with Gasteiger partial charge in [-0.1, -0.05) is 18.2 Å². The molecule has 0 bridgehead atoms. The van der Waals surface area contributed by atoms with Gasteiger partial charge in [0, 0.05) is 23.7 Å². The Morgan fingerprint density at radius 2 is 1.68 bits per heavy atom. The van der Waals surface area contributed by atoms with Gasteiger partial charge in [-0.3, -0.25) is 9.59 Å². The zero-order valence-electron chi connectivity index (χ0n) is 11.9. The van der Waals surface area contributed by atoms with Crippen molar-refractivity contribution in [3.05, 3.63) is 65.9 Å². The van der Waals surface area contributed by atoms with E-state index in [0.717, 1.165) is 5.39 Å². The fraction of sp³-hybridized carbons (Fsp3) is 0.0588. The topological polar surface area (TPSA) is 71.3 Å². The van der Waals surface area contributed by atoms with Crippen molar-refractivity contribution in [2.45, 2.75) is 0 Å². The first kappa shape index (κ1) is 13.9. The minimum atomic E-state index is -0.330. The summed E-state index contributed by atoms with van der Waals surface area (Å²) in [6, 6.07) is 15.8. The predicted molar refractivity (Wildman–Crippen MR) is 84.0 cm³/mol. The molecule has 0 saturated carbocycles. The second kappa shape index (κ2) is 5.73. The van der Waals surface area contributed by atoms with Crippen molar-refractivity contribution in [1.82, 2.24) is 5.32 Å². The van der Waals surface area contributed by atoms with Gasteiger partial charge in [-0.2, -0.15) is 0 Å². The van der Waals surface area contributed by atoms with Gasteiger partial charge in [0.2, 0.25) is 0 Å². The maximum Gasteiger partial charge on any atom is 0.291 e. The normalized spacial score (nSPS) is 10.4. The number of rotatable bonds is 3. The van der Waals surface area contributed by atoms with Gasteiger partial charge in [0.05, 0.1) is 0 Å². The predicted octanol–water partition coefficient (Wildman–Crippen LogP) is 3.04. The SMILES string of the molecule is CNC(=O)c1ccc(NC(=O)c2cc3ccccc3o2)cc1. The molecular weight excluding hydrogens is 280 g/mol. The van der Waals surface area contributed by atoms with Crippen molar-refractivity contribution in [2.24, 2.45) is 0 Å². The van der Waals surface area contributed by atoms with Crippen LogP contribution < -0.4 is 10.6 Å². The summed E-state index contributed by atoms with van der Waals surface area (Å²) in [6.45, 7) is 0. The fourth-order valence-electron chi connectivity index (χ4n) is 2.14. The van der Waals surface area contributed by atoms with Crippen LogP contribution in [0.1, 0.15) is 20.9 Å². The second-order valence-corrected chi connectivity index (χ2v) is 4.76. The first-order chi connectivity index (χ1) is 10.7. The first-order valence-electron chi connectivity index (χ1n) is 6.79. The largest absolute Gasteiger partial charge is 0.451 e. The molecule has 0 aliphatic carbocycles. The molecule has 0 atom stereocenters. The molecule has 22 heavy (non-hydrogen) atoms. The van der Waals surface area contributed by atoms with Crippen molar-refractivity contribution in [3.63, 3.8) is 0 Å². The molecule has 3 rings (SSSR count). The molecule has 1 aromatic heterocycles. The van der Waals surface area contributed by atoms with E-state index >= 15 is 0 Å². The van der Waals surface area contributed by atoms with E-state index in [-0.39, 0.29) is 17.6 Å². The monoisotopic (exact) mass is 294 g/mol. The Hall–Kier alpha value is -3.08. The Kier molecular flexibility index (Phi) is 3.62. The van der Waals surface area contributed by atoms with Crippen LogP contribution in [0.3, 0.4) is 0 Å². The number of carbonyl (C=O) groups excluding carboxylic acids is 2. The van der Waals surface area contributed by atoms with Crippen LogP contribution in [0.25, 0.3) is 11.0 Å². The smallest absolute Gasteiger partial charge is 0.291 e. The number of amides is 2. The summed E-state index contributed by atoms with van der Waals surface area (Å²) in [7, 11) is 1.57. The highest BCUT2D eigenvalue weighted by Gasteiger charge is 2.12. The van der Waals surface area contributed by atoms with Crippen molar-refractivity contribution in [1.29, 1.82) is 0 Å². The van der Waals surface area contributed by atoms with Crippen molar-refractivity contribution in [2.75, 3.05) is 12.4 Å². The van der Waals surface area contributed by atoms with E-state index in [2.05, 4.69) is 10.6 Å². The third-order valence-electron chi connectivity index (χ3n) is 3.28. The van der Waals surface area contributed by atoms with Crippen LogP contribution in [0, 0.1) is 0 Å². The number of carbonyl (C=O) groups is 2. The molecule has 5 nitrogen and oxygen atoms in total. The number of hydrogen-bond acceptors (Lipinski definition) is 3. The Balaban J connectivity index is 1.77. The molecular formula is C17H14N2O3. The summed E-state index contributed by atoms with van der Waals surface area (Å²) in [5.74, 6) is -0.254. The lowest BCUT2D eigenvalue weighted by Gasteiger charge is -2.04. The van der Waals surface area contributed by atoms with Crippen LogP contribution >= 0.6 is 0 Å². The minimum Gasteiger partial charge on any atom is -0.451 e. The molecule has 2 N–H and O–H groups in total. The quantitative estimate of drug-likeness (QED) is 0.780. The molecule has 0 unspecified atom stereocenters. The second-order valence-electron chi connectivity index (χ2n) is 4.76. The van der Waals surface area contributed by atoms with Crippen molar-refractivity contribution in [3.8, 4) is 0 Å². The van der Waals surface area contributed by atoms with Gasteiger partial charge in [-0.15, -0.1) is 0 Å². The third-order valence-corrected chi connectivity index (χ3v) is 3.28. The number of furan rings is 1. The summed E-state index contributed by atoms with van der Waals surface area (Å²) < 4.78 is 5.51. The van der Waals surface area contributed by atoms with Gasteiger partial charge in [-0.05, 0) is 36.4 Å². The molecule has 3 aromatic rings. The van der Waals surface area contributed by atoms with E-state index in [9.17, 15) is 9.59 Å². The molecule has 5 heteroatoms. The maximum absolute atomic E-state index is 12.2. The van der Waals surface area contributed by atoms with E-state index < -0.39 is 0 Å². The summed E-state index contributed by atoms with van der Waals surface area (Å²) in [6.07, 6.45) is 0. The molecule has 0 aliphatic rings. The summed E-state index contributed by atoms with van der Waals surface area (Å²) >= 11 is 0. The van der Waals surface area contributed by atoms with Gasteiger partial charge in [-0.25, -0.2) is 0 Å². The molecule has 110 valence electrons. The Morgan fingerprint density at radius 1 is 0.955 bits per heavy atom. The molecule has 0 spiro atoms. The lowest BCUT2D eigenvalue weighted by Crippen LogP contribution is -2.17. The van der Waals surface area contributed by atoms with Crippen molar-refractivity contribution < 1.29 is 14.0 Å². The van der Waals surface area contributed by atoms with Crippen LogP contribution in [0.4, 0.5) is 5.69 Å². The van der Waals surface area contributed by atoms with Crippen molar-refractivity contribution >= 4 is 28.5 Å². The van der Waals surface area contributed by atoms with E-state index in [4.69, 9.17) is 4.42 Å². The van der Waals surface area contributed by atoms with E-state index in [0.29, 0.717) is 16.8 Å². The molecule has 0 radical (unpaired) electrons. The van der Waals surface area contributed by atoms with E-state index in [1.807, 2.05) is 24.3 Å². The van der Waals surface area contributed by atoms with Crippen LogP contribution in [-0.2, 0) is 0 Å². The number of hydrogen-bond donors (Lipinski definition) is 2. The van der Waals surface area contributed by atoms with Crippen LogP contribution in [-0.4, -0.2) is 18.9 Å². The van der Waals surface area contributed by atoms with Crippen LogP contribution in [0.5, 0.6) is 0 Å². The van der Waals surface area contributed by atoms with Gasteiger partial charge in [0.1, 0.15) is 5.58 Å². The average Bonchev–Trinajstić information content (AvgIpc) is 2.99. The number of benzene rings is 2. The Bertz CT molecular complexity index is 801. The molecule has 2 aromatic carbocycles. The Labute approximate surface area is 126 Å². The number of fused-ring (bicyclic) bond motifs is 1. The summed E-state index contributed by atoms with van der Waals surface area (Å²) in [5, 5.41) is 6.16. The van der Waals surface area contributed by atoms with Crippen LogP contribution in [0.15, 0.2) is 59.0 Å². The Morgan fingerprint density at radius 3 is 2.36 bits per heavy atom. The maximum atomic E-state index is 12.2. The highest BCUT2D eigenvalue weighted by atomic mass is 16.3. The average molecular weight is 294 g/mol. The first-order valence-corrected chi connectivity index (χ1v) is 6.79. The lowest BCUT2D eigenvalue weighted by molar-refractivity contribution is 0.0962. The molecule has 0 fully saturated rings. The van der Waals surface area contributed by atoms with Gasteiger partial charge >= 0.3 is 0 Å². The van der Waals surface area contributed by atoms with Gasteiger partial charge in [0.25, 0.3) is 11.8 Å². The fourth-order valence-corrected chi connectivity index (χ4v) is 2.14. The minimum absolute atomic E-state index is 0.171. The highest BCUT2D eigenvalue weighted by Crippen LogP contribution is 2.20. The van der Waals surface area contributed by atoms with E-state index in [1.54, 1.807) is 37.4 Å². The zero-order chi connectivity index (χ0) is 15.5. The van der Waals surface area contributed by atoms with E-state index in [1.165, 1.54) is 0 Å². The van der Waals surface area contributed by atoms with Gasteiger partial charge in [0.15, 0.2) is 5.76 Å². The lowest BCUT2D eigenvalue weighted by atomic mass is 10.2. The molecule has 0 saturated heterocycles. The van der Waals surface area contributed by atoms with Crippen LogP contribution in [0.2, 0.25) is 0 Å². The van der Waals surface area contributed by atoms with Gasteiger partial charge < -0.3 is 15.1 Å². The molecule has 0 aliphatic heterocycles. The number of anilines is 1. The molecule has 2 amide bonds. The standard InChI is InChI=1S/C17H14N2O3/c1-18-16(20)11-6-8-13(9-7-11)19-17(21)15-10-12-4-2-3-5-14(12)22-15/h2-10H,1H3,(H,18,20)(H,19,21). The number of para-hydroxylation sites is 1.